The van der Waals surface area contributed by atoms with E-state index in [1.54, 1.807) is 12.1 Å². The molecule has 0 heterocycles. The molecule has 0 radical (unpaired) electrons. The van der Waals surface area contributed by atoms with Crippen LogP contribution in [0.1, 0.15) is 31.9 Å². The third-order valence-corrected chi connectivity index (χ3v) is 2.72. The zero-order valence-corrected chi connectivity index (χ0v) is 10.9. The molecule has 0 bridgehead atoms. The van der Waals surface area contributed by atoms with Gasteiger partial charge in [0, 0.05) is 13.1 Å². The van der Waals surface area contributed by atoms with E-state index < -0.39 is 12.2 Å². The predicted octanol–water partition coefficient (Wildman–Crippen LogP) is 1.86. The Labute approximate surface area is 108 Å². The zero-order chi connectivity index (χ0) is 13.5. The van der Waals surface area contributed by atoms with Crippen LogP contribution in [-0.2, 0) is 0 Å². The van der Waals surface area contributed by atoms with Gasteiger partial charge in [-0.15, -0.1) is 0 Å². The number of aliphatic hydroxyl groups is 2. The van der Waals surface area contributed by atoms with Gasteiger partial charge >= 0.3 is 0 Å². The summed E-state index contributed by atoms with van der Waals surface area (Å²) >= 11 is 0. The van der Waals surface area contributed by atoms with Crippen LogP contribution < -0.4 is 5.32 Å². The summed E-state index contributed by atoms with van der Waals surface area (Å²) in [5, 5.41) is 22.5. The van der Waals surface area contributed by atoms with Gasteiger partial charge in [-0.05, 0) is 30.0 Å². The first-order valence-corrected chi connectivity index (χ1v) is 6.31. The normalized spacial score (nSPS) is 14.8. The van der Waals surface area contributed by atoms with Crippen LogP contribution >= 0.6 is 0 Å². The number of rotatable bonds is 7. The van der Waals surface area contributed by atoms with Gasteiger partial charge in [-0.1, -0.05) is 26.0 Å². The van der Waals surface area contributed by atoms with Crippen molar-refractivity contribution in [3.63, 3.8) is 0 Å². The molecule has 0 aromatic heterocycles. The summed E-state index contributed by atoms with van der Waals surface area (Å²) < 4.78 is 12.7. The first-order chi connectivity index (χ1) is 8.49. The van der Waals surface area contributed by atoms with Crippen LogP contribution in [0.4, 0.5) is 4.39 Å². The first-order valence-electron chi connectivity index (χ1n) is 6.31. The molecule has 0 fully saturated rings. The summed E-state index contributed by atoms with van der Waals surface area (Å²) in [6.45, 7) is 4.91. The van der Waals surface area contributed by atoms with Gasteiger partial charge in [-0.3, -0.25) is 0 Å². The van der Waals surface area contributed by atoms with Gasteiger partial charge in [0.25, 0.3) is 0 Å². The molecule has 0 amide bonds. The largest absolute Gasteiger partial charge is 0.392 e. The van der Waals surface area contributed by atoms with Gasteiger partial charge in [0.05, 0.1) is 12.2 Å². The summed E-state index contributed by atoms with van der Waals surface area (Å²) in [6.07, 6.45) is -0.345. The molecule has 0 aliphatic heterocycles. The van der Waals surface area contributed by atoms with Gasteiger partial charge in [-0.25, -0.2) is 4.39 Å². The highest BCUT2D eigenvalue weighted by atomic mass is 19.1. The second-order valence-electron chi connectivity index (χ2n) is 5.01. The summed E-state index contributed by atoms with van der Waals surface area (Å²) in [4.78, 5) is 0. The fraction of sp³-hybridized carbons (Fsp3) is 0.571. The van der Waals surface area contributed by atoms with E-state index in [9.17, 15) is 14.6 Å². The number of halogens is 1. The van der Waals surface area contributed by atoms with Crippen molar-refractivity contribution in [3.8, 4) is 0 Å². The van der Waals surface area contributed by atoms with Crippen LogP contribution in [-0.4, -0.2) is 29.4 Å². The Bertz CT molecular complexity index is 340. The minimum Gasteiger partial charge on any atom is -0.392 e. The maximum atomic E-state index is 12.7. The third-order valence-electron chi connectivity index (χ3n) is 2.72. The van der Waals surface area contributed by atoms with Crippen molar-refractivity contribution in [1.29, 1.82) is 0 Å². The van der Waals surface area contributed by atoms with Crippen LogP contribution in [0, 0.1) is 11.7 Å². The van der Waals surface area contributed by atoms with Gasteiger partial charge in [0.2, 0.25) is 0 Å². The molecular formula is C14H22FNO2. The summed E-state index contributed by atoms with van der Waals surface area (Å²) in [5.74, 6) is 0.134. The minimum atomic E-state index is -0.683. The SMILES string of the molecule is CC(C)CC(O)CNCC(O)c1ccc(F)cc1. The fourth-order valence-electron chi connectivity index (χ4n) is 1.82. The molecule has 2 atom stereocenters. The van der Waals surface area contributed by atoms with E-state index in [-0.39, 0.29) is 5.82 Å². The summed E-state index contributed by atoms with van der Waals surface area (Å²) in [7, 11) is 0. The molecule has 0 spiro atoms. The Kier molecular flexibility index (Phi) is 6.25. The monoisotopic (exact) mass is 255 g/mol. The van der Waals surface area contributed by atoms with Gasteiger partial charge in [0.15, 0.2) is 0 Å². The molecule has 0 saturated carbocycles. The number of hydrogen-bond acceptors (Lipinski definition) is 3. The lowest BCUT2D eigenvalue weighted by molar-refractivity contribution is 0.131. The fourth-order valence-corrected chi connectivity index (χ4v) is 1.82. The Morgan fingerprint density at radius 3 is 2.28 bits per heavy atom. The average Bonchev–Trinajstić information content (AvgIpc) is 2.28. The topological polar surface area (TPSA) is 52.5 Å². The Hall–Kier alpha value is -0.970. The molecule has 1 aromatic carbocycles. The molecule has 2 unspecified atom stereocenters. The van der Waals surface area contributed by atoms with E-state index in [0.717, 1.165) is 6.42 Å². The molecule has 4 heteroatoms. The van der Waals surface area contributed by atoms with E-state index >= 15 is 0 Å². The molecule has 18 heavy (non-hydrogen) atoms. The van der Waals surface area contributed by atoms with Crippen molar-refractivity contribution in [3.05, 3.63) is 35.6 Å². The number of benzene rings is 1. The number of aliphatic hydroxyl groups excluding tert-OH is 2. The van der Waals surface area contributed by atoms with E-state index in [2.05, 4.69) is 19.2 Å². The molecule has 3 N–H and O–H groups in total. The summed E-state index contributed by atoms with van der Waals surface area (Å²) in [6, 6.07) is 5.77. The Morgan fingerprint density at radius 2 is 1.72 bits per heavy atom. The third kappa shape index (κ3) is 5.58. The van der Waals surface area contributed by atoms with Crippen molar-refractivity contribution in [2.45, 2.75) is 32.5 Å². The first kappa shape index (κ1) is 15.1. The predicted molar refractivity (Wildman–Crippen MR) is 69.7 cm³/mol. The van der Waals surface area contributed by atoms with Crippen LogP contribution in [0.5, 0.6) is 0 Å². The van der Waals surface area contributed by atoms with Gasteiger partial charge in [-0.2, -0.15) is 0 Å². The molecule has 1 rings (SSSR count). The lowest BCUT2D eigenvalue weighted by Crippen LogP contribution is -2.31. The highest BCUT2D eigenvalue weighted by Crippen LogP contribution is 2.12. The van der Waals surface area contributed by atoms with E-state index in [1.807, 2.05) is 0 Å². The van der Waals surface area contributed by atoms with Crippen molar-refractivity contribution >= 4 is 0 Å². The highest BCUT2D eigenvalue weighted by molar-refractivity contribution is 5.18. The second-order valence-corrected chi connectivity index (χ2v) is 5.01. The number of hydrogen-bond donors (Lipinski definition) is 3. The average molecular weight is 255 g/mol. The number of nitrogens with one attached hydrogen (secondary N) is 1. The smallest absolute Gasteiger partial charge is 0.123 e. The maximum Gasteiger partial charge on any atom is 0.123 e. The summed E-state index contributed by atoms with van der Waals surface area (Å²) in [5.41, 5.74) is 0.669. The van der Waals surface area contributed by atoms with Crippen molar-refractivity contribution in [1.82, 2.24) is 5.32 Å². The van der Waals surface area contributed by atoms with Gasteiger partial charge < -0.3 is 15.5 Å². The lowest BCUT2D eigenvalue weighted by atomic mass is 10.1. The highest BCUT2D eigenvalue weighted by Gasteiger charge is 2.10. The van der Waals surface area contributed by atoms with Crippen molar-refractivity contribution in [2.75, 3.05) is 13.1 Å². The quantitative estimate of drug-likeness (QED) is 0.697. The molecule has 3 nitrogen and oxygen atoms in total. The molecule has 0 saturated heterocycles. The lowest BCUT2D eigenvalue weighted by Gasteiger charge is -2.16. The van der Waals surface area contributed by atoms with Crippen molar-refractivity contribution < 1.29 is 14.6 Å². The molecule has 0 aliphatic carbocycles. The van der Waals surface area contributed by atoms with Crippen molar-refractivity contribution in [2.24, 2.45) is 5.92 Å². The molecular weight excluding hydrogens is 233 g/mol. The van der Waals surface area contributed by atoms with Crippen LogP contribution in [0.2, 0.25) is 0 Å². The van der Waals surface area contributed by atoms with E-state index in [1.165, 1.54) is 12.1 Å². The van der Waals surface area contributed by atoms with E-state index in [0.29, 0.717) is 24.6 Å². The van der Waals surface area contributed by atoms with Crippen LogP contribution in [0.25, 0.3) is 0 Å². The molecule has 0 aliphatic rings. The second kappa shape index (κ2) is 7.46. The standard InChI is InChI=1S/C14H22FNO2/c1-10(2)7-13(17)8-16-9-14(18)11-3-5-12(15)6-4-11/h3-6,10,13-14,16-18H,7-9H2,1-2H3. The zero-order valence-electron chi connectivity index (χ0n) is 10.9. The minimum absolute atomic E-state index is 0.314. The Morgan fingerprint density at radius 1 is 1.11 bits per heavy atom. The van der Waals surface area contributed by atoms with E-state index in [4.69, 9.17) is 0 Å². The molecule has 1 aromatic rings. The van der Waals surface area contributed by atoms with Crippen LogP contribution in [0.15, 0.2) is 24.3 Å². The Balaban J connectivity index is 2.28. The molecule has 102 valence electrons. The maximum absolute atomic E-state index is 12.7. The van der Waals surface area contributed by atoms with Gasteiger partial charge in [0.1, 0.15) is 5.82 Å². The van der Waals surface area contributed by atoms with Crippen LogP contribution in [0.3, 0.4) is 0 Å².